The number of nitrogens with one attached hydrogen (secondary N) is 1. The first-order chi connectivity index (χ1) is 12.3. The van der Waals surface area contributed by atoms with E-state index in [0.29, 0.717) is 29.4 Å². The van der Waals surface area contributed by atoms with Gasteiger partial charge in [-0.15, -0.1) is 0 Å². The van der Waals surface area contributed by atoms with Crippen LogP contribution in [0.25, 0.3) is 0 Å². The van der Waals surface area contributed by atoms with Gasteiger partial charge in [0.15, 0.2) is 0 Å². The molecule has 6 nitrogen and oxygen atoms in total. The molecular formula is C18H20ClN3O3S. The first-order valence-corrected chi connectivity index (χ1v) is 10.5. The van der Waals surface area contributed by atoms with E-state index in [4.69, 9.17) is 11.6 Å². The van der Waals surface area contributed by atoms with Crippen LogP contribution in [-0.4, -0.2) is 51.7 Å². The Bertz CT molecular complexity index is 892. The molecule has 1 aliphatic rings. The van der Waals surface area contributed by atoms with E-state index < -0.39 is 10.0 Å². The summed E-state index contributed by atoms with van der Waals surface area (Å²) in [6, 6.07) is 14.2. The molecule has 8 heteroatoms. The lowest BCUT2D eigenvalue weighted by molar-refractivity contribution is 0.0747. The van der Waals surface area contributed by atoms with E-state index in [1.54, 1.807) is 29.2 Å². The third-order valence-electron chi connectivity index (χ3n) is 4.17. The molecule has 2 aromatic carbocycles. The second kappa shape index (κ2) is 7.55. The summed E-state index contributed by atoms with van der Waals surface area (Å²) in [5, 5.41) is 0.699. The molecule has 0 unspecified atom stereocenters. The Kier molecular flexibility index (Phi) is 5.38. The summed E-state index contributed by atoms with van der Waals surface area (Å²) in [5.74, 6) is -0.0992. The van der Waals surface area contributed by atoms with Crippen molar-refractivity contribution < 1.29 is 13.2 Å². The number of nitrogens with zero attached hydrogens (tertiary/aromatic N) is 2. The van der Waals surface area contributed by atoms with Crippen molar-refractivity contribution in [2.45, 2.75) is 0 Å². The Morgan fingerprint density at radius 2 is 1.69 bits per heavy atom. The average molecular weight is 394 g/mol. The number of anilines is 2. The number of hydrogen-bond acceptors (Lipinski definition) is 4. The summed E-state index contributed by atoms with van der Waals surface area (Å²) in [5.41, 5.74) is 1.94. The van der Waals surface area contributed by atoms with Crippen LogP contribution in [0.5, 0.6) is 0 Å². The molecule has 1 aliphatic heterocycles. The molecule has 2 aromatic rings. The van der Waals surface area contributed by atoms with Crippen molar-refractivity contribution in [2.75, 3.05) is 42.1 Å². The van der Waals surface area contributed by atoms with E-state index in [1.807, 2.05) is 24.3 Å². The van der Waals surface area contributed by atoms with Gasteiger partial charge in [-0.1, -0.05) is 17.7 Å². The van der Waals surface area contributed by atoms with Gasteiger partial charge in [-0.25, -0.2) is 8.42 Å². The quantitative estimate of drug-likeness (QED) is 0.867. The van der Waals surface area contributed by atoms with Crippen molar-refractivity contribution in [1.82, 2.24) is 4.90 Å². The van der Waals surface area contributed by atoms with Gasteiger partial charge in [-0.3, -0.25) is 9.52 Å². The van der Waals surface area contributed by atoms with Crippen LogP contribution >= 0.6 is 11.6 Å². The van der Waals surface area contributed by atoms with E-state index in [0.717, 1.165) is 25.0 Å². The van der Waals surface area contributed by atoms with Crippen LogP contribution in [0.4, 0.5) is 11.4 Å². The van der Waals surface area contributed by atoms with Crippen LogP contribution in [0.3, 0.4) is 0 Å². The van der Waals surface area contributed by atoms with Crippen LogP contribution in [-0.2, 0) is 10.0 Å². The number of sulfonamides is 1. The van der Waals surface area contributed by atoms with Gasteiger partial charge in [0, 0.05) is 48.1 Å². The number of amides is 1. The first kappa shape index (κ1) is 18.5. The van der Waals surface area contributed by atoms with Gasteiger partial charge < -0.3 is 9.80 Å². The number of hydrogen-bond donors (Lipinski definition) is 1. The Labute approximate surface area is 158 Å². The number of rotatable bonds is 4. The number of benzene rings is 2. The van der Waals surface area contributed by atoms with E-state index in [2.05, 4.69) is 9.62 Å². The first-order valence-electron chi connectivity index (χ1n) is 8.19. The highest BCUT2D eigenvalue weighted by molar-refractivity contribution is 7.92. The topological polar surface area (TPSA) is 69.7 Å². The van der Waals surface area contributed by atoms with Gasteiger partial charge in [0.1, 0.15) is 0 Å². The molecular weight excluding hydrogens is 374 g/mol. The van der Waals surface area contributed by atoms with Crippen LogP contribution < -0.4 is 9.62 Å². The molecule has 0 bridgehead atoms. The zero-order chi connectivity index (χ0) is 18.7. The number of carbonyl (C=O) groups is 1. The Morgan fingerprint density at radius 1 is 1.04 bits per heavy atom. The molecule has 0 spiro atoms. The van der Waals surface area contributed by atoms with Crippen molar-refractivity contribution >= 4 is 38.9 Å². The third-order valence-corrected chi connectivity index (χ3v) is 5.03. The van der Waals surface area contributed by atoms with Gasteiger partial charge >= 0.3 is 0 Å². The minimum Gasteiger partial charge on any atom is -0.368 e. The Morgan fingerprint density at radius 3 is 2.31 bits per heavy atom. The van der Waals surface area contributed by atoms with E-state index >= 15 is 0 Å². The van der Waals surface area contributed by atoms with Crippen molar-refractivity contribution in [3.63, 3.8) is 0 Å². The fourth-order valence-electron chi connectivity index (χ4n) is 2.93. The summed E-state index contributed by atoms with van der Waals surface area (Å²) in [7, 11) is -3.38. The number of piperazine rings is 1. The second-order valence-corrected chi connectivity index (χ2v) is 8.40. The fraction of sp³-hybridized carbons (Fsp3) is 0.278. The van der Waals surface area contributed by atoms with Crippen molar-refractivity contribution in [3.8, 4) is 0 Å². The summed E-state index contributed by atoms with van der Waals surface area (Å²) in [4.78, 5) is 16.7. The highest BCUT2D eigenvalue weighted by atomic mass is 35.5. The van der Waals surface area contributed by atoms with E-state index in [1.165, 1.54) is 0 Å². The molecule has 0 aromatic heterocycles. The molecule has 1 N–H and O–H groups in total. The molecule has 26 heavy (non-hydrogen) atoms. The zero-order valence-electron chi connectivity index (χ0n) is 14.4. The Hall–Kier alpha value is -2.25. The molecule has 0 atom stereocenters. The van der Waals surface area contributed by atoms with Gasteiger partial charge in [0.05, 0.1) is 6.26 Å². The SMILES string of the molecule is CS(=O)(=O)Nc1cccc(C(=O)N2CCN(c3ccc(Cl)cc3)CC2)c1. The van der Waals surface area contributed by atoms with Crippen LogP contribution in [0, 0.1) is 0 Å². The van der Waals surface area contributed by atoms with Crippen LogP contribution in [0.1, 0.15) is 10.4 Å². The predicted molar refractivity (Wildman–Crippen MR) is 104 cm³/mol. The van der Waals surface area contributed by atoms with Crippen molar-refractivity contribution in [1.29, 1.82) is 0 Å². The summed E-state index contributed by atoms with van der Waals surface area (Å²) in [6.45, 7) is 2.67. The number of carbonyl (C=O) groups excluding carboxylic acids is 1. The van der Waals surface area contributed by atoms with Crippen LogP contribution in [0.15, 0.2) is 48.5 Å². The molecule has 1 saturated heterocycles. The normalized spacial score (nSPS) is 15.0. The highest BCUT2D eigenvalue weighted by Crippen LogP contribution is 2.20. The van der Waals surface area contributed by atoms with Gasteiger partial charge in [0.25, 0.3) is 5.91 Å². The highest BCUT2D eigenvalue weighted by Gasteiger charge is 2.22. The average Bonchev–Trinajstić information content (AvgIpc) is 2.61. The maximum Gasteiger partial charge on any atom is 0.254 e. The van der Waals surface area contributed by atoms with Crippen LogP contribution in [0.2, 0.25) is 5.02 Å². The minimum absolute atomic E-state index is 0.0992. The smallest absolute Gasteiger partial charge is 0.254 e. The molecule has 0 aliphatic carbocycles. The lowest BCUT2D eigenvalue weighted by Gasteiger charge is -2.36. The molecule has 1 amide bonds. The van der Waals surface area contributed by atoms with Gasteiger partial charge in [-0.2, -0.15) is 0 Å². The monoisotopic (exact) mass is 393 g/mol. The van der Waals surface area contributed by atoms with Gasteiger partial charge in [0.2, 0.25) is 10.0 Å². The molecule has 3 rings (SSSR count). The molecule has 0 saturated carbocycles. The van der Waals surface area contributed by atoms with Gasteiger partial charge in [-0.05, 0) is 42.5 Å². The lowest BCUT2D eigenvalue weighted by Crippen LogP contribution is -2.48. The lowest BCUT2D eigenvalue weighted by atomic mass is 10.1. The molecule has 0 radical (unpaired) electrons. The molecule has 1 heterocycles. The summed E-state index contributed by atoms with van der Waals surface area (Å²) in [6.07, 6.45) is 1.08. The largest absolute Gasteiger partial charge is 0.368 e. The standard InChI is InChI=1S/C18H20ClN3O3S/c1-26(24,25)20-16-4-2-3-14(13-16)18(23)22-11-9-21(10-12-22)17-7-5-15(19)6-8-17/h2-8,13,20H,9-12H2,1H3. The third kappa shape index (κ3) is 4.68. The fourth-order valence-corrected chi connectivity index (χ4v) is 3.61. The summed E-state index contributed by atoms with van der Waals surface area (Å²) >= 11 is 5.92. The van der Waals surface area contributed by atoms with Crippen molar-refractivity contribution in [2.24, 2.45) is 0 Å². The van der Waals surface area contributed by atoms with Crippen molar-refractivity contribution in [3.05, 3.63) is 59.1 Å². The molecule has 1 fully saturated rings. The maximum absolute atomic E-state index is 12.7. The Balaban J connectivity index is 1.65. The summed E-state index contributed by atoms with van der Waals surface area (Å²) < 4.78 is 25.1. The van der Waals surface area contributed by atoms with E-state index in [9.17, 15) is 13.2 Å². The second-order valence-electron chi connectivity index (χ2n) is 6.21. The van der Waals surface area contributed by atoms with E-state index in [-0.39, 0.29) is 5.91 Å². The maximum atomic E-state index is 12.7. The number of halogens is 1. The zero-order valence-corrected chi connectivity index (χ0v) is 15.9. The predicted octanol–water partition coefficient (Wildman–Crippen LogP) is 2.67. The minimum atomic E-state index is -3.38. The molecule has 138 valence electrons.